The van der Waals surface area contributed by atoms with Crippen molar-refractivity contribution in [1.82, 2.24) is 9.55 Å². The van der Waals surface area contributed by atoms with E-state index in [0.717, 1.165) is 55.3 Å². The Labute approximate surface area is 190 Å². The maximum atomic E-state index is 6.12. The van der Waals surface area contributed by atoms with Crippen LogP contribution >= 0.6 is 0 Å². The fourth-order valence-electron chi connectivity index (χ4n) is 4.08. The number of para-hydroxylation sites is 3. The third-order valence-electron chi connectivity index (χ3n) is 5.83. The molecule has 0 radical (unpaired) electrons. The van der Waals surface area contributed by atoms with E-state index < -0.39 is 0 Å². The number of imidazole rings is 1. The van der Waals surface area contributed by atoms with Gasteiger partial charge in [-0.3, -0.25) is 0 Å². The van der Waals surface area contributed by atoms with Crippen LogP contribution in [0.3, 0.4) is 0 Å². The molecule has 0 saturated heterocycles. The SMILES string of the molecule is COc1ccc(Cc2nc3ccccc3n2CCCCOc2ccccc2C(C)C)cc1. The van der Waals surface area contributed by atoms with Gasteiger partial charge in [-0.25, -0.2) is 4.98 Å². The fraction of sp³-hybridized carbons (Fsp3) is 0.321. The normalized spacial score (nSPS) is 11.2. The van der Waals surface area contributed by atoms with Gasteiger partial charge in [-0.05, 0) is 60.2 Å². The molecule has 0 aliphatic rings. The van der Waals surface area contributed by atoms with E-state index in [0.29, 0.717) is 5.92 Å². The average Bonchev–Trinajstić information content (AvgIpc) is 3.16. The quantitative estimate of drug-likeness (QED) is 0.266. The first-order valence-corrected chi connectivity index (χ1v) is 11.4. The number of rotatable bonds is 10. The Morgan fingerprint density at radius 1 is 0.875 bits per heavy atom. The van der Waals surface area contributed by atoms with Crippen LogP contribution < -0.4 is 9.47 Å². The summed E-state index contributed by atoms with van der Waals surface area (Å²) in [5.74, 6) is 3.45. The molecule has 3 aromatic carbocycles. The molecule has 32 heavy (non-hydrogen) atoms. The van der Waals surface area contributed by atoms with Gasteiger partial charge in [0.1, 0.15) is 17.3 Å². The Kier molecular flexibility index (Phi) is 7.10. The first-order valence-electron chi connectivity index (χ1n) is 11.4. The zero-order valence-corrected chi connectivity index (χ0v) is 19.3. The predicted octanol–water partition coefficient (Wildman–Crippen LogP) is 6.62. The highest BCUT2D eigenvalue weighted by atomic mass is 16.5. The first-order chi connectivity index (χ1) is 15.7. The summed E-state index contributed by atoms with van der Waals surface area (Å²) in [7, 11) is 1.69. The smallest absolute Gasteiger partial charge is 0.122 e. The highest BCUT2D eigenvalue weighted by molar-refractivity contribution is 5.76. The number of aryl methyl sites for hydroxylation is 1. The molecule has 4 aromatic rings. The summed E-state index contributed by atoms with van der Waals surface area (Å²) in [5, 5.41) is 0. The molecule has 1 heterocycles. The van der Waals surface area contributed by atoms with Gasteiger partial charge >= 0.3 is 0 Å². The zero-order valence-electron chi connectivity index (χ0n) is 19.3. The molecule has 0 aliphatic carbocycles. The molecule has 0 amide bonds. The lowest BCUT2D eigenvalue weighted by molar-refractivity contribution is 0.299. The number of hydrogen-bond donors (Lipinski definition) is 0. The van der Waals surface area contributed by atoms with Crippen LogP contribution in [0.2, 0.25) is 0 Å². The highest BCUT2D eigenvalue weighted by Gasteiger charge is 2.11. The molecular weight excluding hydrogens is 396 g/mol. The third-order valence-corrected chi connectivity index (χ3v) is 5.83. The molecule has 4 nitrogen and oxygen atoms in total. The summed E-state index contributed by atoms with van der Waals surface area (Å²) >= 11 is 0. The van der Waals surface area contributed by atoms with Crippen LogP contribution in [0.15, 0.2) is 72.8 Å². The molecule has 1 aromatic heterocycles. The highest BCUT2D eigenvalue weighted by Crippen LogP contribution is 2.26. The van der Waals surface area contributed by atoms with Crippen LogP contribution in [-0.4, -0.2) is 23.3 Å². The van der Waals surface area contributed by atoms with Crippen LogP contribution in [0, 0.1) is 0 Å². The fourth-order valence-corrected chi connectivity index (χ4v) is 4.08. The summed E-state index contributed by atoms with van der Waals surface area (Å²) in [6, 6.07) is 25.0. The lowest BCUT2D eigenvalue weighted by Crippen LogP contribution is -2.07. The van der Waals surface area contributed by atoms with Crippen molar-refractivity contribution < 1.29 is 9.47 Å². The van der Waals surface area contributed by atoms with Crippen molar-refractivity contribution in [2.45, 2.75) is 45.6 Å². The van der Waals surface area contributed by atoms with Crippen LogP contribution in [0.1, 0.15) is 49.6 Å². The van der Waals surface area contributed by atoms with Crippen molar-refractivity contribution in [2.75, 3.05) is 13.7 Å². The minimum atomic E-state index is 0.462. The van der Waals surface area contributed by atoms with E-state index in [2.05, 4.69) is 73.0 Å². The number of hydrogen-bond acceptors (Lipinski definition) is 3. The van der Waals surface area contributed by atoms with Gasteiger partial charge in [-0.2, -0.15) is 0 Å². The zero-order chi connectivity index (χ0) is 22.3. The monoisotopic (exact) mass is 428 g/mol. The average molecular weight is 429 g/mol. The predicted molar refractivity (Wildman–Crippen MR) is 131 cm³/mol. The van der Waals surface area contributed by atoms with Crippen molar-refractivity contribution in [3.8, 4) is 11.5 Å². The number of fused-ring (bicyclic) bond motifs is 1. The molecule has 0 bridgehead atoms. The number of aromatic nitrogens is 2. The summed E-state index contributed by atoms with van der Waals surface area (Å²) in [4.78, 5) is 4.93. The Morgan fingerprint density at radius 2 is 1.62 bits per heavy atom. The lowest BCUT2D eigenvalue weighted by atomic mass is 10.0. The Hall–Kier alpha value is -3.27. The van der Waals surface area contributed by atoms with Gasteiger partial charge in [0, 0.05) is 13.0 Å². The third kappa shape index (κ3) is 5.13. The molecule has 166 valence electrons. The standard InChI is InChI=1S/C28H32N2O2/c1-21(2)24-10-4-7-13-27(24)32-19-9-8-18-30-26-12-6-5-11-25(26)29-28(30)20-22-14-16-23(31-3)17-15-22/h4-7,10-17,21H,8-9,18-20H2,1-3H3. The van der Waals surface area contributed by atoms with Crippen molar-refractivity contribution in [3.63, 3.8) is 0 Å². The topological polar surface area (TPSA) is 36.3 Å². The Bertz CT molecular complexity index is 1150. The largest absolute Gasteiger partial charge is 0.497 e. The van der Waals surface area contributed by atoms with Gasteiger partial charge in [0.2, 0.25) is 0 Å². The van der Waals surface area contributed by atoms with Gasteiger partial charge in [0.05, 0.1) is 24.8 Å². The van der Waals surface area contributed by atoms with Gasteiger partial charge in [-0.1, -0.05) is 56.3 Å². The molecule has 0 aliphatic heterocycles. The molecule has 4 heteroatoms. The van der Waals surface area contributed by atoms with Crippen molar-refractivity contribution in [3.05, 3.63) is 89.7 Å². The molecule has 0 fully saturated rings. The molecular formula is C28H32N2O2. The molecule has 0 spiro atoms. The van der Waals surface area contributed by atoms with E-state index in [9.17, 15) is 0 Å². The summed E-state index contributed by atoms with van der Waals surface area (Å²) in [6.07, 6.45) is 2.84. The van der Waals surface area contributed by atoms with Crippen molar-refractivity contribution >= 4 is 11.0 Å². The second kappa shape index (κ2) is 10.4. The molecule has 0 N–H and O–H groups in total. The van der Waals surface area contributed by atoms with Crippen LogP contribution in [0.4, 0.5) is 0 Å². The van der Waals surface area contributed by atoms with Gasteiger partial charge < -0.3 is 14.0 Å². The van der Waals surface area contributed by atoms with Gasteiger partial charge in [0.25, 0.3) is 0 Å². The van der Waals surface area contributed by atoms with E-state index in [1.165, 1.54) is 16.6 Å². The van der Waals surface area contributed by atoms with E-state index in [1.54, 1.807) is 7.11 Å². The Morgan fingerprint density at radius 3 is 2.41 bits per heavy atom. The molecule has 0 unspecified atom stereocenters. The van der Waals surface area contributed by atoms with Crippen molar-refractivity contribution in [1.29, 1.82) is 0 Å². The second-order valence-electron chi connectivity index (χ2n) is 8.44. The summed E-state index contributed by atoms with van der Waals surface area (Å²) in [6.45, 7) is 6.07. The maximum absolute atomic E-state index is 6.12. The number of unbranched alkanes of at least 4 members (excludes halogenated alkanes) is 1. The van der Waals surface area contributed by atoms with Crippen LogP contribution in [0.5, 0.6) is 11.5 Å². The summed E-state index contributed by atoms with van der Waals surface area (Å²) < 4.78 is 13.8. The van der Waals surface area contributed by atoms with E-state index in [-0.39, 0.29) is 0 Å². The van der Waals surface area contributed by atoms with Crippen molar-refractivity contribution in [2.24, 2.45) is 0 Å². The van der Waals surface area contributed by atoms with Crippen LogP contribution in [-0.2, 0) is 13.0 Å². The molecule has 4 rings (SSSR count). The summed E-state index contributed by atoms with van der Waals surface area (Å²) in [5.41, 5.74) is 4.76. The number of ether oxygens (including phenoxy) is 2. The minimum absolute atomic E-state index is 0.462. The molecule has 0 atom stereocenters. The molecule has 0 saturated carbocycles. The van der Waals surface area contributed by atoms with E-state index in [1.807, 2.05) is 18.2 Å². The minimum Gasteiger partial charge on any atom is -0.497 e. The number of benzene rings is 3. The second-order valence-corrected chi connectivity index (χ2v) is 8.44. The van der Waals surface area contributed by atoms with Crippen LogP contribution in [0.25, 0.3) is 11.0 Å². The number of methoxy groups -OCH3 is 1. The lowest BCUT2D eigenvalue weighted by Gasteiger charge is -2.14. The number of nitrogens with zero attached hydrogens (tertiary/aromatic N) is 2. The van der Waals surface area contributed by atoms with E-state index >= 15 is 0 Å². The van der Waals surface area contributed by atoms with Gasteiger partial charge in [0.15, 0.2) is 0 Å². The maximum Gasteiger partial charge on any atom is 0.122 e. The Balaban J connectivity index is 1.41. The van der Waals surface area contributed by atoms with E-state index in [4.69, 9.17) is 14.5 Å². The van der Waals surface area contributed by atoms with Gasteiger partial charge in [-0.15, -0.1) is 0 Å². The first kappa shape index (κ1) is 21.9.